The molecule has 3 aromatic carbocycles. The number of para-hydroxylation sites is 1. The van der Waals surface area contributed by atoms with Crippen LogP contribution in [0, 0.1) is 6.92 Å². The zero-order valence-corrected chi connectivity index (χ0v) is 20.1. The highest BCUT2D eigenvalue weighted by molar-refractivity contribution is 7.92. The van der Waals surface area contributed by atoms with Gasteiger partial charge in [0.05, 0.1) is 35.5 Å². The van der Waals surface area contributed by atoms with Crippen LogP contribution in [0.2, 0.25) is 5.02 Å². The Bertz CT molecular complexity index is 1220. The number of ether oxygens (including phenoxy) is 2. The van der Waals surface area contributed by atoms with Crippen LogP contribution in [0.15, 0.2) is 71.6 Å². The molecular weight excluding hydrogens is 464 g/mol. The Kier molecular flexibility index (Phi) is 7.84. The number of hydrogen-bond donors (Lipinski definition) is 1. The monoisotopic (exact) mass is 488 g/mol. The molecule has 174 valence electrons. The van der Waals surface area contributed by atoms with Gasteiger partial charge in [-0.1, -0.05) is 47.5 Å². The van der Waals surface area contributed by atoms with Crippen LogP contribution in [0.1, 0.15) is 12.0 Å². The SMILES string of the molecule is COc1cc(OC)c(NC(=O)CCN(c2ccccc2)S(=O)(=O)c2ccc(C)cc2)cc1Cl. The van der Waals surface area contributed by atoms with E-state index in [0.717, 1.165) is 5.56 Å². The van der Waals surface area contributed by atoms with E-state index in [1.807, 2.05) is 6.92 Å². The van der Waals surface area contributed by atoms with Crippen LogP contribution in [-0.2, 0) is 14.8 Å². The smallest absolute Gasteiger partial charge is 0.264 e. The number of nitrogens with one attached hydrogen (secondary N) is 1. The van der Waals surface area contributed by atoms with Gasteiger partial charge in [0, 0.05) is 19.0 Å². The number of benzene rings is 3. The van der Waals surface area contributed by atoms with E-state index in [4.69, 9.17) is 21.1 Å². The average molecular weight is 489 g/mol. The molecule has 0 aliphatic carbocycles. The van der Waals surface area contributed by atoms with Crippen molar-refractivity contribution in [2.24, 2.45) is 0 Å². The van der Waals surface area contributed by atoms with Crippen molar-refractivity contribution in [3.05, 3.63) is 77.3 Å². The van der Waals surface area contributed by atoms with Crippen LogP contribution < -0.4 is 19.1 Å². The summed E-state index contributed by atoms with van der Waals surface area (Å²) in [6.45, 7) is 1.83. The number of sulfonamides is 1. The number of amides is 1. The number of anilines is 2. The molecule has 0 heterocycles. The lowest BCUT2D eigenvalue weighted by Gasteiger charge is -2.24. The van der Waals surface area contributed by atoms with Gasteiger partial charge in [0.25, 0.3) is 10.0 Å². The van der Waals surface area contributed by atoms with Gasteiger partial charge in [-0.25, -0.2) is 8.42 Å². The van der Waals surface area contributed by atoms with Crippen LogP contribution in [0.4, 0.5) is 11.4 Å². The van der Waals surface area contributed by atoms with Crippen molar-refractivity contribution in [3.8, 4) is 11.5 Å². The Morgan fingerprint density at radius 3 is 2.21 bits per heavy atom. The summed E-state index contributed by atoms with van der Waals surface area (Å²) in [4.78, 5) is 12.9. The van der Waals surface area contributed by atoms with E-state index >= 15 is 0 Å². The molecular formula is C24H25ClN2O5S. The topological polar surface area (TPSA) is 84.9 Å². The largest absolute Gasteiger partial charge is 0.495 e. The fraction of sp³-hybridized carbons (Fsp3) is 0.208. The standard InChI is InChI=1S/C24H25ClN2O5S/c1-17-9-11-19(12-10-17)33(29,30)27(18-7-5-4-6-8-18)14-13-24(28)26-21-15-20(25)22(31-2)16-23(21)32-3/h4-12,15-16H,13-14H2,1-3H3,(H,26,28). The minimum absolute atomic E-state index is 0.0573. The maximum absolute atomic E-state index is 13.4. The van der Waals surface area contributed by atoms with Gasteiger partial charge < -0.3 is 14.8 Å². The van der Waals surface area contributed by atoms with E-state index in [1.54, 1.807) is 60.7 Å². The number of carbonyl (C=O) groups excluding carboxylic acids is 1. The van der Waals surface area contributed by atoms with Gasteiger partial charge in [-0.2, -0.15) is 0 Å². The first kappa shape index (κ1) is 24.4. The highest BCUT2D eigenvalue weighted by Gasteiger charge is 2.25. The van der Waals surface area contributed by atoms with Crippen molar-refractivity contribution in [1.29, 1.82) is 0 Å². The molecule has 1 N–H and O–H groups in total. The lowest BCUT2D eigenvalue weighted by molar-refractivity contribution is -0.116. The number of halogens is 1. The summed E-state index contributed by atoms with van der Waals surface area (Å²) in [7, 11) is -0.937. The number of rotatable bonds is 9. The van der Waals surface area contributed by atoms with Crippen LogP contribution in [0.3, 0.4) is 0 Å². The summed E-state index contributed by atoms with van der Waals surface area (Å²) >= 11 is 6.17. The lowest BCUT2D eigenvalue weighted by Crippen LogP contribution is -2.34. The second kappa shape index (κ2) is 10.6. The summed E-state index contributed by atoms with van der Waals surface area (Å²) in [6, 6.07) is 18.4. The third kappa shape index (κ3) is 5.77. The number of aryl methyl sites for hydroxylation is 1. The van der Waals surface area contributed by atoms with Crippen molar-refractivity contribution in [2.75, 3.05) is 30.4 Å². The van der Waals surface area contributed by atoms with Crippen molar-refractivity contribution in [2.45, 2.75) is 18.2 Å². The predicted octanol–water partition coefficient (Wildman–Crippen LogP) is 4.89. The fourth-order valence-electron chi connectivity index (χ4n) is 3.19. The van der Waals surface area contributed by atoms with Gasteiger partial charge in [-0.05, 0) is 37.3 Å². The Balaban J connectivity index is 1.83. The van der Waals surface area contributed by atoms with Crippen molar-refractivity contribution in [3.63, 3.8) is 0 Å². The molecule has 0 radical (unpaired) electrons. The molecule has 0 atom stereocenters. The van der Waals surface area contributed by atoms with Gasteiger partial charge in [-0.15, -0.1) is 0 Å². The molecule has 1 amide bonds. The number of methoxy groups -OCH3 is 2. The third-order valence-corrected chi connectivity index (χ3v) is 7.08. The molecule has 7 nitrogen and oxygen atoms in total. The van der Waals surface area contributed by atoms with E-state index in [0.29, 0.717) is 27.9 Å². The Hall–Kier alpha value is -3.23. The van der Waals surface area contributed by atoms with E-state index in [2.05, 4.69) is 5.32 Å². The van der Waals surface area contributed by atoms with E-state index in [9.17, 15) is 13.2 Å². The summed E-state index contributed by atoms with van der Waals surface area (Å²) < 4.78 is 38.4. The minimum atomic E-state index is -3.88. The zero-order chi connectivity index (χ0) is 24.0. The van der Waals surface area contributed by atoms with Gasteiger partial charge >= 0.3 is 0 Å². The van der Waals surface area contributed by atoms with Crippen molar-refractivity contribution >= 4 is 38.9 Å². The summed E-state index contributed by atoms with van der Waals surface area (Å²) in [5, 5.41) is 3.04. The Morgan fingerprint density at radius 2 is 1.61 bits per heavy atom. The van der Waals surface area contributed by atoms with Crippen molar-refractivity contribution < 1.29 is 22.7 Å². The molecule has 3 rings (SSSR count). The van der Waals surface area contributed by atoms with Crippen LogP contribution in [-0.4, -0.2) is 35.1 Å². The predicted molar refractivity (Wildman–Crippen MR) is 130 cm³/mol. The first-order valence-corrected chi connectivity index (χ1v) is 11.9. The van der Waals surface area contributed by atoms with Crippen LogP contribution in [0.25, 0.3) is 0 Å². The fourth-order valence-corrected chi connectivity index (χ4v) is 4.90. The second-order valence-electron chi connectivity index (χ2n) is 7.21. The van der Waals surface area contributed by atoms with Gasteiger partial charge in [0.1, 0.15) is 11.5 Å². The lowest BCUT2D eigenvalue weighted by atomic mass is 10.2. The summed E-state index contributed by atoms with van der Waals surface area (Å²) in [5.41, 5.74) is 1.78. The molecule has 33 heavy (non-hydrogen) atoms. The summed E-state index contributed by atoms with van der Waals surface area (Å²) in [6.07, 6.45) is -0.0905. The number of hydrogen-bond acceptors (Lipinski definition) is 5. The first-order valence-electron chi connectivity index (χ1n) is 10.1. The first-order chi connectivity index (χ1) is 15.8. The zero-order valence-electron chi connectivity index (χ0n) is 18.5. The highest BCUT2D eigenvalue weighted by Crippen LogP contribution is 2.36. The third-order valence-electron chi connectivity index (χ3n) is 4.94. The van der Waals surface area contributed by atoms with Crippen LogP contribution >= 0.6 is 11.6 Å². The molecule has 0 aliphatic rings. The van der Waals surface area contributed by atoms with Crippen molar-refractivity contribution in [1.82, 2.24) is 0 Å². The quantitative estimate of drug-likeness (QED) is 0.463. The maximum atomic E-state index is 13.4. The Morgan fingerprint density at radius 1 is 0.970 bits per heavy atom. The molecule has 0 aromatic heterocycles. The van der Waals surface area contributed by atoms with E-state index < -0.39 is 15.9 Å². The second-order valence-corrected chi connectivity index (χ2v) is 9.48. The number of nitrogens with zero attached hydrogens (tertiary/aromatic N) is 1. The van der Waals surface area contributed by atoms with Gasteiger partial charge in [-0.3, -0.25) is 9.10 Å². The number of carbonyl (C=O) groups is 1. The highest BCUT2D eigenvalue weighted by atomic mass is 35.5. The van der Waals surface area contributed by atoms with E-state index in [-0.39, 0.29) is 17.9 Å². The molecule has 0 saturated heterocycles. The molecule has 9 heteroatoms. The Labute approximate surface area is 198 Å². The molecule has 0 bridgehead atoms. The molecule has 3 aromatic rings. The normalized spacial score (nSPS) is 11.0. The maximum Gasteiger partial charge on any atom is 0.264 e. The molecule has 0 unspecified atom stereocenters. The summed E-state index contributed by atoms with van der Waals surface area (Å²) in [5.74, 6) is 0.386. The average Bonchev–Trinajstić information content (AvgIpc) is 2.80. The van der Waals surface area contributed by atoms with Crippen LogP contribution in [0.5, 0.6) is 11.5 Å². The molecule has 0 saturated carbocycles. The molecule has 0 fully saturated rings. The minimum Gasteiger partial charge on any atom is -0.495 e. The van der Waals surface area contributed by atoms with Gasteiger partial charge in [0.15, 0.2) is 0 Å². The molecule has 0 aliphatic heterocycles. The molecule has 0 spiro atoms. The van der Waals surface area contributed by atoms with Gasteiger partial charge in [0.2, 0.25) is 5.91 Å². The van der Waals surface area contributed by atoms with E-state index in [1.165, 1.54) is 24.6 Å².